The predicted octanol–water partition coefficient (Wildman–Crippen LogP) is 4.15. The van der Waals surface area contributed by atoms with Crippen molar-refractivity contribution in [1.29, 1.82) is 0 Å². The average Bonchev–Trinajstić information content (AvgIpc) is 3.41. The van der Waals surface area contributed by atoms with Crippen LogP contribution in [-0.4, -0.2) is 52.9 Å². The van der Waals surface area contributed by atoms with Gasteiger partial charge >= 0.3 is 18.1 Å². The number of alkyl halides is 3. The van der Waals surface area contributed by atoms with Gasteiger partial charge in [0.1, 0.15) is 6.10 Å². The van der Waals surface area contributed by atoms with Gasteiger partial charge in [0, 0.05) is 24.0 Å². The molecule has 0 amide bonds. The summed E-state index contributed by atoms with van der Waals surface area (Å²) < 4.78 is 48.8. The van der Waals surface area contributed by atoms with Crippen LogP contribution in [0.3, 0.4) is 0 Å². The Hall–Kier alpha value is -2.76. The van der Waals surface area contributed by atoms with Crippen molar-refractivity contribution in [3.05, 3.63) is 57.6 Å². The van der Waals surface area contributed by atoms with E-state index in [2.05, 4.69) is 9.72 Å². The van der Waals surface area contributed by atoms with E-state index in [1.807, 2.05) is 31.2 Å². The molecule has 1 aromatic heterocycles. The minimum absolute atomic E-state index is 0.0745. The van der Waals surface area contributed by atoms with Gasteiger partial charge in [-0.3, -0.25) is 4.90 Å². The molecule has 0 spiro atoms. The van der Waals surface area contributed by atoms with Crippen LogP contribution in [0.1, 0.15) is 41.8 Å². The number of methoxy groups -OCH3 is 1. The maximum Gasteiger partial charge on any atom is 0.443 e. The van der Waals surface area contributed by atoms with Crippen LogP contribution in [0, 0.1) is 0 Å². The summed E-state index contributed by atoms with van der Waals surface area (Å²) in [6.45, 7) is 3.73. The third-order valence-electron chi connectivity index (χ3n) is 5.32. The molecule has 2 heterocycles. The largest absolute Gasteiger partial charge is 0.478 e. The molecule has 1 aromatic carbocycles. The van der Waals surface area contributed by atoms with E-state index >= 15 is 0 Å². The van der Waals surface area contributed by atoms with E-state index in [1.165, 1.54) is 18.6 Å². The first-order chi connectivity index (χ1) is 15.5. The molecule has 3 atom stereocenters. The highest BCUT2D eigenvalue weighted by Gasteiger charge is 2.43. The number of carbonyl (C=O) groups is 2. The summed E-state index contributed by atoms with van der Waals surface area (Å²) in [5.74, 6) is -1.66. The zero-order valence-electron chi connectivity index (χ0n) is 18.1. The van der Waals surface area contributed by atoms with Gasteiger partial charge in [0.05, 0.1) is 12.8 Å². The molecule has 2 aromatic rings. The zero-order chi connectivity index (χ0) is 24.3. The SMILES string of the molecule is COC(=O)C=C(C)c1ccc(CC(C)N2CC(c3csc(C(F)(F)F)n3)OC2C(=O)O)cc1. The van der Waals surface area contributed by atoms with Crippen LogP contribution >= 0.6 is 11.3 Å². The first-order valence-corrected chi connectivity index (χ1v) is 10.9. The first kappa shape index (κ1) is 24.9. The second kappa shape index (κ2) is 10.0. The molecular formula is C22H23F3N2O5S. The van der Waals surface area contributed by atoms with Crippen molar-refractivity contribution in [2.45, 2.75) is 44.8 Å². The number of carboxylic acids is 1. The second-order valence-corrected chi connectivity index (χ2v) is 8.55. The molecule has 0 saturated carbocycles. The van der Waals surface area contributed by atoms with Gasteiger partial charge < -0.3 is 14.6 Å². The molecule has 1 fully saturated rings. The Kier molecular flexibility index (Phi) is 7.55. The van der Waals surface area contributed by atoms with Gasteiger partial charge in [0.25, 0.3) is 0 Å². The highest BCUT2D eigenvalue weighted by molar-refractivity contribution is 7.09. The molecule has 1 aliphatic rings. The van der Waals surface area contributed by atoms with Crippen molar-refractivity contribution in [3.8, 4) is 0 Å². The third-order valence-corrected chi connectivity index (χ3v) is 6.22. The monoisotopic (exact) mass is 484 g/mol. The lowest BCUT2D eigenvalue weighted by Crippen LogP contribution is -2.43. The van der Waals surface area contributed by atoms with Crippen LogP contribution in [0.2, 0.25) is 0 Å². The van der Waals surface area contributed by atoms with E-state index in [0.29, 0.717) is 17.8 Å². The lowest BCUT2D eigenvalue weighted by atomic mass is 10.0. The number of rotatable bonds is 7. The minimum atomic E-state index is -4.56. The van der Waals surface area contributed by atoms with E-state index in [-0.39, 0.29) is 18.3 Å². The Bertz CT molecular complexity index is 1040. The van der Waals surface area contributed by atoms with Crippen molar-refractivity contribution in [2.24, 2.45) is 0 Å². The lowest BCUT2D eigenvalue weighted by molar-refractivity contribution is -0.158. The predicted molar refractivity (Wildman–Crippen MR) is 114 cm³/mol. The van der Waals surface area contributed by atoms with E-state index in [4.69, 9.17) is 4.74 Å². The molecule has 1 saturated heterocycles. The molecule has 11 heteroatoms. The van der Waals surface area contributed by atoms with Crippen LogP contribution in [0.15, 0.2) is 35.7 Å². The number of carbonyl (C=O) groups excluding carboxylic acids is 1. The normalized spacial score (nSPS) is 20.6. The third kappa shape index (κ3) is 5.98. The fourth-order valence-corrected chi connectivity index (χ4v) is 4.31. The number of ether oxygens (including phenoxy) is 2. The van der Waals surface area contributed by atoms with Crippen LogP contribution in [0.5, 0.6) is 0 Å². The topological polar surface area (TPSA) is 89.0 Å². The summed E-state index contributed by atoms with van der Waals surface area (Å²) in [6.07, 6.45) is -4.83. The van der Waals surface area contributed by atoms with Crippen molar-refractivity contribution in [2.75, 3.05) is 13.7 Å². The van der Waals surface area contributed by atoms with E-state index in [0.717, 1.165) is 16.7 Å². The quantitative estimate of drug-likeness (QED) is 0.467. The van der Waals surface area contributed by atoms with Gasteiger partial charge in [-0.25, -0.2) is 14.6 Å². The molecular weight excluding hydrogens is 461 g/mol. The molecule has 1 aliphatic heterocycles. The maximum atomic E-state index is 12.9. The van der Waals surface area contributed by atoms with Crippen molar-refractivity contribution in [1.82, 2.24) is 9.88 Å². The summed E-state index contributed by atoms with van der Waals surface area (Å²) in [5.41, 5.74) is 2.58. The average molecular weight is 484 g/mol. The highest BCUT2D eigenvalue weighted by atomic mass is 32.1. The summed E-state index contributed by atoms with van der Waals surface area (Å²) >= 11 is 0.458. The van der Waals surface area contributed by atoms with E-state index < -0.39 is 35.5 Å². The summed E-state index contributed by atoms with van der Waals surface area (Å²) in [5, 5.41) is 9.84. The Morgan fingerprint density at radius 1 is 1.36 bits per heavy atom. The van der Waals surface area contributed by atoms with Gasteiger partial charge in [0.15, 0.2) is 5.01 Å². The first-order valence-electron chi connectivity index (χ1n) is 10.0. The van der Waals surface area contributed by atoms with E-state index in [9.17, 15) is 27.9 Å². The van der Waals surface area contributed by atoms with Crippen LogP contribution in [-0.2, 0) is 31.7 Å². The van der Waals surface area contributed by atoms with Gasteiger partial charge in [-0.2, -0.15) is 13.2 Å². The van der Waals surface area contributed by atoms with Crippen molar-refractivity contribution >= 4 is 28.8 Å². The number of nitrogens with zero attached hydrogens (tertiary/aromatic N) is 2. The number of esters is 1. The fraction of sp³-hybridized carbons (Fsp3) is 0.409. The lowest BCUT2D eigenvalue weighted by Gasteiger charge is -2.26. The molecule has 33 heavy (non-hydrogen) atoms. The molecule has 0 aliphatic carbocycles. The number of carboxylic acid groups (broad SMARTS) is 1. The zero-order valence-corrected chi connectivity index (χ0v) is 18.9. The standard InChI is InChI=1S/C22H23F3N2O5S/c1-12(8-18(28)31-3)15-6-4-14(5-7-15)9-13(2)27-10-17(32-19(27)20(29)30)16-11-33-21(26-16)22(23,24)25/h4-8,11,13,17,19H,9-10H2,1-3H3,(H,29,30). The minimum Gasteiger partial charge on any atom is -0.478 e. The molecule has 3 rings (SSSR count). The van der Waals surface area contributed by atoms with Crippen molar-refractivity contribution in [3.63, 3.8) is 0 Å². The number of halogens is 3. The molecule has 3 unspecified atom stereocenters. The number of allylic oxidation sites excluding steroid dienone is 1. The van der Waals surface area contributed by atoms with E-state index in [1.54, 1.807) is 11.8 Å². The number of benzene rings is 1. The Morgan fingerprint density at radius 3 is 2.58 bits per heavy atom. The highest BCUT2D eigenvalue weighted by Crippen LogP contribution is 2.36. The Balaban J connectivity index is 1.71. The number of hydrogen-bond donors (Lipinski definition) is 1. The molecule has 0 bridgehead atoms. The molecule has 1 N–H and O–H groups in total. The summed E-state index contributed by atoms with van der Waals surface area (Å²) in [6, 6.07) is 7.18. The Morgan fingerprint density at radius 2 is 2.03 bits per heavy atom. The smallest absolute Gasteiger partial charge is 0.443 e. The van der Waals surface area contributed by atoms with Crippen LogP contribution in [0.25, 0.3) is 5.57 Å². The van der Waals surface area contributed by atoms with Crippen molar-refractivity contribution < 1.29 is 37.3 Å². The van der Waals surface area contributed by atoms with Crippen LogP contribution in [0.4, 0.5) is 13.2 Å². The van der Waals surface area contributed by atoms with Gasteiger partial charge in [-0.1, -0.05) is 24.3 Å². The number of thiazole rings is 1. The van der Waals surface area contributed by atoms with Crippen LogP contribution < -0.4 is 0 Å². The summed E-state index contributed by atoms with van der Waals surface area (Å²) in [7, 11) is 1.30. The van der Waals surface area contributed by atoms with Gasteiger partial charge in [-0.15, -0.1) is 11.3 Å². The second-order valence-electron chi connectivity index (χ2n) is 7.69. The fourth-order valence-electron chi connectivity index (χ4n) is 3.58. The molecule has 0 radical (unpaired) electrons. The maximum absolute atomic E-state index is 12.9. The molecule has 7 nitrogen and oxygen atoms in total. The van der Waals surface area contributed by atoms with Gasteiger partial charge in [0.2, 0.25) is 6.23 Å². The number of hydrogen-bond acceptors (Lipinski definition) is 7. The van der Waals surface area contributed by atoms with Gasteiger partial charge in [-0.05, 0) is 37.0 Å². The Labute approximate surface area is 192 Å². The summed E-state index contributed by atoms with van der Waals surface area (Å²) in [4.78, 5) is 28.3. The molecule has 178 valence electrons. The number of aliphatic carboxylic acids is 1. The number of aromatic nitrogens is 1.